The molecule has 0 radical (unpaired) electrons. The van der Waals surface area contributed by atoms with E-state index in [0.717, 1.165) is 48.9 Å². The number of phenolic OH excluding ortho intramolecular Hbond substituents is 1. The van der Waals surface area contributed by atoms with Gasteiger partial charge in [0.05, 0.1) is 28.0 Å². The zero-order valence-electron chi connectivity index (χ0n) is 31.5. The van der Waals surface area contributed by atoms with Crippen molar-refractivity contribution in [2.45, 2.75) is 80.0 Å². The second-order valence-corrected chi connectivity index (χ2v) is 16.9. The molecule has 2 fully saturated rings. The number of aliphatic hydroxyl groups is 1. The molecule has 1 aromatic heterocycles. The average Bonchev–Trinajstić information content (AvgIpc) is 3.22. The number of hydrogen-bond acceptors (Lipinski definition) is 9. The van der Waals surface area contributed by atoms with Gasteiger partial charge < -0.3 is 25.3 Å². The summed E-state index contributed by atoms with van der Waals surface area (Å²) in [5.74, 6) is 0.463. The molecule has 0 unspecified atom stereocenters. The molecule has 1 saturated heterocycles. The van der Waals surface area contributed by atoms with Crippen molar-refractivity contribution in [3.05, 3.63) is 130 Å². The number of hydrogen-bond donors (Lipinski definition) is 4. The average molecular weight is 765 g/mol. The first kappa shape index (κ1) is 38.7. The minimum atomic E-state index is -3.72. The Kier molecular flexibility index (Phi) is 12.3. The molecule has 7 rings (SSSR count). The number of rotatable bonds is 14. The van der Waals surface area contributed by atoms with Crippen molar-refractivity contribution in [3.8, 4) is 11.5 Å². The molecule has 1 aliphatic heterocycles. The highest BCUT2D eigenvalue weighted by atomic mass is 32.2. The fourth-order valence-electron chi connectivity index (χ4n) is 8.06. The van der Waals surface area contributed by atoms with Crippen molar-refractivity contribution >= 4 is 20.7 Å². The van der Waals surface area contributed by atoms with Gasteiger partial charge in [-0.2, -0.15) is 0 Å². The van der Waals surface area contributed by atoms with E-state index in [0.29, 0.717) is 41.8 Å². The molecule has 290 valence electrons. The van der Waals surface area contributed by atoms with Gasteiger partial charge in [-0.05, 0) is 84.5 Å². The number of pyridine rings is 1. The second-order valence-electron chi connectivity index (χ2n) is 14.9. The zero-order valence-corrected chi connectivity index (χ0v) is 32.3. The lowest BCUT2D eigenvalue weighted by molar-refractivity contribution is 0.0602. The highest BCUT2D eigenvalue weighted by Crippen LogP contribution is 2.31. The molecule has 11 heteroatoms. The first-order valence-electron chi connectivity index (χ1n) is 19.5. The van der Waals surface area contributed by atoms with E-state index < -0.39 is 15.9 Å². The van der Waals surface area contributed by atoms with Gasteiger partial charge in [0.15, 0.2) is 0 Å². The lowest BCUT2D eigenvalue weighted by Crippen LogP contribution is -2.51. The van der Waals surface area contributed by atoms with Crippen molar-refractivity contribution in [1.82, 2.24) is 20.1 Å². The molecule has 2 heterocycles. The third-order valence-electron chi connectivity index (χ3n) is 11.4. The molecule has 0 spiro atoms. The number of benzene rings is 4. The van der Waals surface area contributed by atoms with E-state index in [-0.39, 0.29) is 33.7 Å². The van der Waals surface area contributed by atoms with Crippen molar-refractivity contribution in [2.24, 2.45) is 0 Å². The molecule has 4 aromatic carbocycles. The van der Waals surface area contributed by atoms with Gasteiger partial charge in [-0.1, -0.05) is 67.8 Å². The topological polar surface area (TPSA) is 135 Å². The molecule has 2 aliphatic rings. The van der Waals surface area contributed by atoms with Crippen molar-refractivity contribution in [1.29, 1.82) is 0 Å². The number of aromatic nitrogens is 1. The molecule has 1 aliphatic carbocycles. The number of nitrogens with one attached hydrogen (secondary N) is 2. The van der Waals surface area contributed by atoms with Crippen LogP contribution in [0.5, 0.6) is 11.5 Å². The van der Waals surface area contributed by atoms with Crippen LogP contribution in [0.2, 0.25) is 0 Å². The first-order valence-corrected chi connectivity index (χ1v) is 21.0. The van der Waals surface area contributed by atoms with Crippen LogP contribution in [0.1, 0.15) is 73.4 Å². The van der Waals surface area contributed by atoms with Crippen LogP contribution in [0.25, 0.3) is 10.9 Å². The maximum atomic E-state index is 13.6. The maximum Gasteiger partial charge on any atom is 0.248 e. The van der Waals surface area contributed by atoms with Gasteiger partial charge in [0, 0.05) is 69.2 Å². The Morgan fingerprint density at radius 1 is 0.855 bits per heavy atom. The first-order chi connectivity index (χ1) is 26.7. The molecular formula is C44H52N4O6S. The lowest BCUT2D eigenvalue weighted by Gasteiger charge is -2.42. The van der Waals surface area contributed by atoms with E-state index in [9.17, 15) is 23.4 Å². The minimum absolute atomic E-state index is 0.0429. The van der Waals surface area contributed by atoms with E-state index in [2.05, 4.69) is 27.0 Å². The molecule has 4 N–H and O–H groups in total. The number of ether oxygens (including phenoxy) is 1. The maximum absolute atomic E-state index is 13.6. The minimum Gasteiger partial charge on any atom is -0.506 e. The normalized spacial score (nSPS) is 17.3. The number of H-pyrrole nitrogens is 1. The Balaban J connectivity index is 0.871. The third-order valence-corrected chi connectivity index (χ3v) is 13.2. The smallest absolute Gasteiger partial charge is 0.248 e. The number of piperazine rings is 1. The molecule has 0 bridgehead atoms. The van der Waals surface area contributed by atoms with Crippen LogP contribution in [-0.2, 0) is 22.8 Å². The van der Waals surface area contributed by atoms with Gasteiger partial charge >= 0.3 is 0 Å². The standard InChI is InChI=1S/C44H52N4O6S/c1-31(47-23-25-48(26-24-47)35-6-3-2-4-7-35)34-14-16-37(17-15-34)55(52,53)38-9-5-8-36(28-38)54-27-22-32-10-12-33(13-11-32)29-45-30-42(50)39-18-20-41(49)44-40(39)19-21-43(51)46-44/h5,8-21,28,31,35,42,45,49-50H,2-4,6-7,22-27,29-30H2,1H3,(H,46,51)/t31-,42-/m0/s1. The van der Waals surface area contributed by atoms with Crippen LogP contribution in [0.4, 0.5) is 0 Å². The molecule has 10 nitrogen and oxygen atoms in total. The van der Waals surface area contributed by atoms with E-state index in [1.165, 1.54) is 44.2 Å². The van der Waals surface area contributed by atoms with Crippen LogP contribution in [0.15, 0.2) is 112 Å². The fourth-order valence-corrected chi connectivity index (χ4v) is 9.36. The number of sulfone groups is 1. The summed E-state index contributed by atoms with van der Waals surface area (Å²) in [6.45, 7) is 7.71. The van der Waals surface area contributed by atoms with Crippen LogP contribution < -0.4 is 15.6 Å². The number of nitrogens with zero attached hydrogens (tertiary/aromatic N) is 2. The Morgan fingerprint density at radius 3 is 2.33 bits per heavy atom. The van der Waals surface area contributed by atoms with E-state index >= 15 is 0 Å². The molecule has 55 heavy (non-hydrogen) atoms. The zero-order chi connectivity index (χ0) is 38.4. The summed E-state index contributed by atoms with van der Waals surface area (Å²) in [6, 6.07) is 29.3. The summed E-state index contributed by atoms with van der Waals surface area (Å²) < 4.78 is 33.3. The van der Waals surface area contributed by atoms with Crippen LogP contribution in [-0.4, -0.2) is 78.8 Å². The molecule has 1 saturated carbocycles. The molecular weight excluding hydrogens is 713 g/mol. The Bertz CT molecular complexity index is 2210. The number of aliphatic hydroxyl groups excluding tert-OH is 1. The summed E-state index contributed by atoms with van der Waals surface area (Å²) in [6.07, 6.45) is 6.57. The predicted octanol–water partition coefficient (Wildman–Crippen LogP) is 6.52. The number of phenols is 1. The largest absolute Gasteiger partial charge is 0.506 e. The van der Waals surface area contributed by atoms with Gasteiger partial charge in [0.2, 0.25) is 15.4 Å². The molecule has 2 atom stereocenters. The second kappa shape index (κ2) is 17.5. The highest BCUT2D eigenvalue weighted by molar-refractivity contribution is 7.91. The van der Waals surface area contributed by atoms with Crippen LogP contribution in [0.3, 0.4) is 0 Å². The monoisotopic (exact) mass is 764 g/mol. The van der Waals surface area contributed by atoms with Gasteiger partial charge in [0.25, 0.3) is 0 Å². The quantitative estimate of drug-likeness (QED) is 0.0997. The van der Waals surface area contributed by atoms with Gasteiger partial charge in [-0.25, -0.2) is 8.42 Å². The summed E-state index contributed by atoms with van der Waals surface area (Å²) in [5.41, 5.74) is 3.86. The molecule has 5 aromatic rings. The van der Waals surface area contributed by atoms with Gasteiger partial charge in [-0.15, -0.1) is 0 Å². The van der Waals surface area contributed by atoms with Crippen LogP contribution in [0, 0.1) is 0 Å². The predicted molar refractivity (Wildman–Crippen MR) is 215 cm³/mol. The van der Waals surface area contributed by atoms with E-state index in [4.69, 9.17) is 4.74 Å². The third kappa shape index (κ3) is 9.31. The Morgan fingerprint density at radius 2 is 1.58 bits per heavy atom. The van der Waals surface area contributed by atoms with Crippen molar-refractivity contribution in [2.75, 3.05) is 39.3 Å². The lowest BCUT2D eigenvalue weighted by atomic mass is 9.93. The Labute approximate surface area is 323 Å². The van der Waals surface area contributed by atoms with Crippen molar-refractivity contribution in [3.63, 3.8) is 0 Å². The number of aromatic amines is 1. The Hall–Kier alpha value is -4.52. The summed E-state index contributed by atoms with van der Waals surface area (Å²) in [5, 5.41) is 24.8. The highest BCUT2D eigenvalue weighted by Gasteiger charge is 2.28. The van der Waals surface area contributed by atoms with Crippen LogP contribution >= 0.6 is 0 Å². The summed E-state index contributed by atoms with van der Waals surface area (Å²) in [7, 11) is -3.72. The summed E-state index contributed by atoms with van der Waals surface area (Å²) >= 11 is 0. The number of aromatic hydroxyl groups is 1. The SMILES string of the molecule is C[C@@H](c1ccc(S(=O)(=O)c2cccc(OCCc3ccc(CNC[C@H](O)c4ccc(O)c5[nH]c(=O)ccc45)cc3)c2)cc1)N1CCN(C2CCCCC2)CC1. The van der Waals surface area contributed by atoms with Gasteiger partial charge in [-0.3, -0.25) is 14.6 Å². The van der Waals surface area contributed by atoms with E-state index in [1.54, 1.807) is 48.5 Å². The fraction of sp³-hybridized carbons (Fsp3) is 0.386. The van der Waals surface area contributed by atoms with E-state index in [1.807, 2.05) is 36.4 Å². The van der Waals surface area contributed by atoms with Gasteiger partial charge in [0.1, 0.15) is 11.5 Å². The molecule has 0 amide bonds. The summed E-state index contributed by atoms with van der Waals surface area (Å²) in [4.78, 5) is 20.0. The number of fused-ring (bicyclic) bond motifs is 1. The van der Waals surface area contributed by atoms with Crippen molar-refractivity contribution < 1.29 is 23.4 Å².